The molecule has 2 N–H and O–H groups in total. The number of carboxylic acid groups (broad SMARTS) is 1. The van der Waals surface area contributed by atoms with Crippen molar-refractivity contribution >= 4 is 40.0 Å². The van der Waals surface area contributed by atoms with E-state index in [2.05, 4.69) is 5.32 Å². The molecule has 1 amide bonds. The summed E-state index contributed by atoms with van der Waals surface area (Å²) in [4.78, 5) is 22.2. The van der Waals surface area contributed by atoms with Crippen molar-refractivity contribution in [1.29, 1.82) is 0 Å². The number of rotatable bonds is 6. The van der Waals surface area contributed by atoms with Crippen molar-refractivity contribution in [3.05, 3.63) is 29.3 Å². The number of anilines is 1. The molecule has 5 nitrogen and oxygen atoms in total. The number of nitrogens with one attached hydrogen (secondary N) is 1. The molecule has 7 heteroatoms. The quantitative estimate of drug-likeness (QED) is 0.838. The second-order valence-corrected chi connectivity index (χ2v) is 5.98. The molecule has 0 saturated heterocycles. The Bertz CT molecular complexity index is 489. The SMILES string of the molecule is CC(CS(=O)CC(=O)Nc1ccc(Cl)cc1)C(=O)O. The summed E-state index contributed by atoms with van der Waals surface area (Å²) in [6.45, 7) is 1.46. The largest absolute Gasteiger partial charge is 0.481 e. The van der Waals surface area contributed by atoms with Gasteiger partial charge in [0.25, 0.3) is 0 Å². The molecule has 1 aromatic carbocycles. The average Bonchev–Trinajstić information content (AvgIpc) is 2.31. The number of carboxylic acids is 1. The normalized spacial score (nSPS) is 13.6. The van der Waals surface area contributed by atoms with Crippen molar-refractivity contribution in [1.82, 2.24) is 0 Å². The molecule has 2 atom stereocenters. The summed E-state index contributed by atoms with van der Waals surface area (Å²) in [5, 5.41) is 11.8. The molecule has 0 aliphatic rings. The van der Waals surface area contributed by atoms with Crippen LogP contribution in [-0.4, -0.2) is 32.7 Å². The second-order valence-electron chi connectivity index (χ2n) is 4.05. The molecule has 0 aromatic heterocycles. The lowest BCUT2D eigenvalue weighted by Crippen LogP contribution is -2.25. The van der Waals surface area contributed by atoms with Crippen molar-refractivity contribution in [2.45, 2.75) is 6.92 Å². The fourth-order valence-corrected chi connectivity index (χ4v) is 2.59. The van der Waals surface area contributed by atoms with E-state index >= 15 is 0 Å². The van der Waals surface area contributed by atoms with Crippen LogP contribution in [0, 0.1) is 5.92 Å². The summed E-state index contributed by atoms with van der Waals surface area (Å²) in [5.74, 6) is -2.43. The minimum atomic E-state index is -1.50. The zero-order chi connectivity index (χ0) is 14.4. The van der Waals surface area contributed by atoms with Gasteiger partial charge < -0.3 is 10.4 Å². The van der Waals surface area contributed by atoms with Gasteiger partial charge in [-0.15, -0.1) is 0 Å². The van der Waals surface area contributed by atoms with Crippen LogP contribution in [0.2, 0.25) is 5.02 Å². The molecule has 0 bridgehead atoms. The molecule has 0 heterocycles. The van der Waals surface area contributed by atoms with Gasteiger partial charge in [-0.25, -0.2) is 0 Å². The number of hydrogen-bond acceptors (Lipinski definition) is 3. The number of amides is 1. The van der Waals surface area contributed by atoms with Gasteiger partial charge in [0.2, 0.25) is 5.91 Å². The maximum atomic E-state index is 11.6. The molecule has 1 aromatic rings. The maximum Gasteiger partial charge on any atom is 0.307 e. The Kier molecular flexibility index (Phi) is 5.98. The maximum absolute atomic E-state index is 11.6. The Labute approximate surface area is 118 Å². The summed E-state index contributed by atoms with van der Waals surface area (Å²) in [6, 6.07) is 6.51. The van der Waals surface area contributed by atoms with Crippen LogP contribution in [0.1, 0.15) is 6.92 Å². The molecular formula is C12H14ClNO4S. The number of benzene rings is 1. The fraction of sp³-hybridized carbons (Fsp3) is 0.333. The molecule has 19 heavy (non-hydrogen) atoms. The third-order valence-corrected chi connectivity index (χ3v) is 3.99. The molecule has 0 fully saturated rings. The Morgan fingerprint density at radius 3 is 2.47 bits per heavy atom. The number of aliphatic carboxylic acids is 1. The predicted octanol–water partition coefficient (Wildman–Crippen LogP) is 1.75. The van der Waals surface area contributed by atoms with Crippen LogP contribution in [0.4, 0.5) is 5.69 Å². The number of halogens is 1. The van der Waals surface area contributed by atoms with Crippen LogP contribution in [0.15, 0.2) is 24.3 Å². The van der Waals surface area contributed by atoms with E-state index in [1.165, 1.54) is 6.92 Å². The smallest absolute Gasteiger partial charge is 0.307 e. The van der Waals surface area contributed by atoms with Crippen LogP contribution >= 0.6 is 11.6 Å². The summed E-state index contributed by atoms with van der Waals surface area (Å²) in [7, 11) is -1.50. The van der Waals surface area contributed by atoms with Crippen molar-refractivity contribution in [2.75, 3.05) is 16.8 Å². The van der Waals surface area contributed by atoms with Gasteiger partial charge >= 0.3 is 5.97 Å². The molecule has 1 rings (SSSR count). The van der Waals surface area contributed by atoms with E-state index in [1.807, 2.05) is 0 Å². The third kappa shape index (κ3) is 5.85. The highest BCUT2D eigenvalue weighted by Gasteiger charge is 2.17. The minimum absolute atomic E-state index is 0.0383. The van der Waals surface area contributed by atoms with Crippen molar-refractivity contribution in [3.63, 3.8) is 0 Å². The monoisotopic (exact) mass is 303 g/mol. The topological polar surface area (TPSA) is 83.5 Å². The van der Waals surface area contributed by atoms with Crippen LogP contribution in [-0.2, 0) is 20.4 Å². The Morgan fingerprint density at radius 2 is 1.95 bits per heavy atom. The first kappa shape index (κ1) is 15.7. The van der Waals surface area contributed by atoms with Crippen molar-refractivity contribution in [3.8, 4) is 0 Å². The summed E-state index contributed by atoms with van der Waals surface area (Å²) >= 11 is 5.70. The van der Waals surface area contributed by atoms with E-state index in [4.69, 9.17) is 16.7 Å². The van der Waals surface area contributed by atoms with E-state index in [0.29, 0.717) is 10.7 Å². The van der Waals surface area contributed by atoms with E-state index in [0.717, 1.165) is 0 Å². The highest BCUT2D eigenvalue weighted by Crippen LogP contribution is 2.13. The minimum Gasteiger partial charge on any atom is -0.481 e. The molecular weight excluding hydrogens is 290 g/mol. The molecule has 0 spiro atoms. The van der Waals surface area contributed by atoms with Gasteiger partial charge in [-0.05, 0) is 24.3 Å². The molecule has 0 aliphatic heterocycles. The number of hydrogen-bond donors (Lipinski definition) is 2. The standard InChI is InChI=1S/C12H14ClNO4S/c1-8(12(16)17)6-19(18)7-11(15)14-10-4-2-9(13)3-5-10/h2-5,8H,6-7H2,1H3,(H,14,15)(H,16,17). The average molecular weight is 304 g/mol. The van der Waals surface area contributed by atoms with Gasteiger partial charge in [-0.3, -0.25) is 13.8 Å². The lowest BCUT2D eigenvalue weighted by atomic mass is 10.2. The third-order valence-electron chi connectivity index (χ3n) is 2.28. The van der Waals surface area contributed by atoms with Crippen LogP contribution in [0.5, 0.6) is 0 Å². The Morgan fingerprint density at radius 1 is 1.37 bits per heavy atom. The molecule has 2 unspecified atom stereocenters. The van der Waals surface area contributed by atoms with E-state index in [-0.39, 0.29) is 11.5 Å². The van der Waals surface area contributed by atoms with Gasteiger partial charge in [-0.1, -0.05) is 18.5 Å². The van der Waals surface area contributed by atoms with Crippen molar-refractivity contribution < 1.29 is 18.9 Å². The second kappa shape index (κ2) is 7.25. The van der Waals surface area contributed by atoms with Gasteiger partial charge in [0.15, 0.2) is 0 Å². The first-order valence-electron chi connectivity index (χ1n) is 5.51. The van der Waals surface area contributed by atoms with Crippen LogP contribution in [0.3, 0.4) is 0 Å². The summed E-state index contributed by atoms with van der Waals surface area (Å²) in [6.07, 6.45) is 0. The van der Waals surface area contributed by atoms with Crippen LogP contribution in [0.25, 0.3) is 0 Å². The van der Waals surface area contributed by atoms with E-state index in [1.54, 1.807) is 24.3 Å². The molecule has 0 aliphatic carbocycles. The van der Waals surface area contributed by atoms with E-state index < -0.39 is 28.6 Å². The van der Waals surface area contributed by atoms with Gasteiger partial charge in [0.05, 0.1) is 5.92 Å². The Balaban J connectivity index is 2.45. The molecule has 104 valence electrons. The molecule has 0 radical (unpaired) electrons. The van der Waals surface area contributed by atoms with Gasteiger partial charge in [-0.2, -0.15) is 0 Å². The zero-order valence-electron chi connectivity index (χ0n) is 10.3. The summed E-state index contributed by atoms with van der Waals surface area (Å²) < 4.78 is 11.6. The highest BCUT2D eigenvalue weighted by atomic mass is 35.5. The van der Waals surface area contributed by atoms with Gasteiger partial charge in [0.1, 0.15) is 5.75 Å². The lowest BCUT2D eigenvalue weighted by molar-refractivity contribution is -0.140. The molecule has 0 saturated carbocycles. The van der Waals surface area contributed by atoms with Crippen molar-refractivity contribution in [2.24, 2.45) is 5.92 Å². The van der Waals surface area contributed by atoms with Crippen LogP contribution < -0.4 is 5.32 Å². The summed E-state index contributed by atoms with van der Waals surface area (Å²) in [5.41, 5.74) is 0.553. The first-order valence-corrected chi connectivity index (χ1v) is 7.38. The van der Waals surface area contributed by atoms with E-state index in [9.17, 15) is 13.8 Å². The fourth-order valence-electron chi connectivity index (χ4n) is 1.29. The Hall–Kier alpha value is -1.40. The lowest BCUT2D eigenvalue weighted by Gasteiger charge is -2.07. The predicted molar refractivity (Wildman–Crippen MR) is 74.8 cm³/mol. The number of carbonyl (C=O) groups is 2. The number of carbonyl (C=O) groups excluding carboxylic acids is 1. The zero-order valence-corrected chi connectivity index (χ0v) is 11.8. The first-order chi connectivity index (χ1) is 8.88. The highest BCUT2D eigenvalue weighted by molar-refractivity contribution is 7.85. The van der Waals surface area contributed by atoms with Gasteiger partial charge in [0, 0.05) is 27.3 Å².